The summed E-state index contributed by atoms with van der Waals surface area (Å²) in [6.07, 6.45) is 1.71. The number of amides is 1. The molecule has 0 radical (unpaired) electrons. The van der Waals surface area contributed by atoms with Crippen molar-refractivity contribution in [3.05, 3.63) is 68.2 Å². The van der Waals surface area contributed by atoms with E-state index < -0.39 is 17.5 Å². The molecule has 4 atom stereocenters. The summed E-state index contributed by atoms with van der Waals surface area (Å²) in [5.41, 5.74) is 0.857. The van der Waals surface area contributed by atoms with Gasteiger partial charge in [0.2, 0.25) is 0 Å². The number of hydrogen-bond acceptors (Lipinski definition) is 5. The lowest BCUT2D eigenvalue weighted by Crippen LogP contribution is -2.55. The molecule has 3 aliphatic heterocycles. The number of carbonyl (C=O) groups is 1. The van der Waals surface area contributed by atoms with E-state index in [1.807, 2.05) is 49.4 Å². The van der Waals surface area contributed by atoms with Crippen molar-refractivity contribution in [2.24, 2.45) is 0 Å². The van der Waals surface area contributed by atoms with E-state index in [2.05, 4.69) is 26.1 Å². The van der Waals surface area contributed by atoms with Gasteiger partial charge in [-0.2, -0.15) is 0 Å². The zero-order chi connectivity index (χ0) is 21.0. The number of carbonyl (C=O) groups excluding carboxylic acids is 1. The predicted octanol–water partition coefficient (Wildman–Crippen LogP) is 3.90. The summed E-state index contributed by atoms with van der Waals surface area (Å²) in [5, 5.41) is 15.6. The summed E-state index contributed by atoms with van der Waals surface area (Å²) in [6.45, 7) is 3.02. The van der Waals surface area contributed by atoms with E-state index in [1.54, 1.807) is 0 Å². The Morgan fingerprint density at radius 1 is 1.33 bits per heavy atom. The van der Waals surface area contributed by atoms with Crippen LogP contribution >= 0.6 is 15.9 Å². The predicted molar refractivity (Wildman–Crippen MR) is 115 cm³/mol. The molecule has 2 aromatic rings. The van der Waals surface area contributed by atoms with Crippen LogP contribution in [0.5, 0.6) is 5.75 Å². The van der Waals surface area contributed by atoms with Gasteiger partial charge in [0.25, 0.3) is 11.9 Å². The summed E-state index contributed by atoms with van der Waals surface area (Å²) in [7, 11) is 0. The van der Waals surface area contributed by atoms with E-state index in [0.717, 1.165) is 22.9 Å². The van der Waals surface area contributed by atoms with Crippen LogP contribution in [0.1, 0.15) is 36.8 Å². The average Bonchev–Trinajstić information content (AvgIpc) is 3.37. The Kier molecular flexibility index (Phi) is 4.59. The molecular weight excluding hydrogens is 450 g/mol. The first-order valence-electron chi connectivity index (χ1n) is 10.2. The summed E-state index contributed by atoms with van der Waals surface area (Å²) in [5.74, 6) is -0.112. The fourth-order valence-corrected chi connectivity index (χ4v) is 6.19. The number of nitro groups is 1. The highest BCUT2D eigenvalue weighted by atomic mass is 79.9. The Morgan fingerprint density at radius 2 is 2.13 bits per heavy atom. The number of hydrogen-bond donors (Lipinski definition) is 1. The maximum absolute atomic E-state index is 13.5. The van der Waals surface area contributed by atoms with Crippen LogP contribution in [0.4, 0.5) is 5.69 Å². The standard InChI is InChI=1S/C22H22BrN3O4/c1-2-30-18-10-9-13(23)12-14(18)19-17-8-5-11-25(17)22(20(19)26(28)29)15-6-3-4-7-16(15)24-21(22)27/h3-4,6-7,9-10,12,17,19-20H,2,5,8,11H2,1H3,(H,24,27)/t17-,19+,20-,22+/m0/s1. The third-order valence-corrected chi connectivity index (χ3v) is 7.22. The molecule has 0 aromatic heterocycles. The molecule has 0 bridgehead atoms. The number of ether oxygens (including phenoxy) is 1. The monoisotopic (exact) mass is 471 g/mol. The summed E-state index contributed by atoms with van der Waals surface area (Å²) in [6, 6.07) is 11.8. The third-order valence-electron chi connectivity index (χ3n) is 6.72. The molecule has 30 heavy (non-hydrogen) atoms. The van der Waals surface area contributed by atoms with E-state index in [9.17, 15) is 14.9 Å². The Morgan fingerprint density at radius 3 is 2.90 bits per heavy atom. The van der Waals surface area contributed by atoms with Crippen LogP contribution in [0.25, 0.3) is 0 Å². The lowest BCUT2D eigenvalue weighted by atomic mass is 9.77. The molecule has 7 nitrogen and oxygen atoms in total. The molecule has 1 N–H and O–H groups in total. The Balaban J connectivity index is 1.77. The molecule has 0 aliphatic carbocycles. The first-order valence-corrected chi connectivity index (χ1v) is 11.0. The minimum absolute atomic E-state index is 0.106. The van der Waals surface area contributed by atoms with E-state index in [-0.39, 0.29) is 16.9 Å². The van der Waals surface area contributed by atoms with Gasteiger partial charge in [0.1, 0.15) is 5.75 Å². The second-order valence-electron chi connectivity index (χ2n) is 8.04. The molecule has 1 amide bonds. The van der Waals surface area contributed by atoms with Crippen molar-refractivity contribution in [2.75, 3.05) is 18.5 Å². The van der Waals surface area contributed by atoms with Crippen LogP contribution in [0.3, 0.4) is 0 Å². The SMILES string of the molecule is CCOc1ccc(Br)cc1[C@H]1[C@H]([N+](=O)[O-])[C@]2(C(=O)Nc3ccccc32)N2CCC[C@@H]12. The van der Waals surface area contributed by atoms with Gasteiger partial charge in [0.15, 0.2) is 5.54 Å². The molecule has 2 saturated heterocycles. The first kappa shape index (κ1) is 19.5. The van der Waals surface area contributed by atoms with Crippen molar-refractivity contribution in [3.8, 4) is 5.75 Å². The minimum atomic E-state index is -1.31. The van der Waals surface area contributed by atoms with Gasteiger partial charge >= 0.3 is 0 Å². The molecule has 3 heterocycles. The Hall–Kier alpha value is -2.45. The molecule has 8 heteroatoms. The van der Waals surface area contributed by atoms with Crippen LogP contribution in [-0.2, 0) is 10.3 Å². The average molecular weight is 472 g/mol. The maximum Gasteiger partial charge on any atom is 0.256 e. The van der Waals surface area contributed by atoms with Gasteiger partial charge in [0, 0.05) is 38.8 Å². The first-order chi connectivity index (χ1) is 14.5. The van der Waals surface area contributed by atoms with Crippen molar-refractivity contribution in [2.45, 2.75) is 43.3 Å². The molecule has 0 saturated carbocycles. The second kappa shape index (κ2) is 7.06. The lowest BCUT2D eigenvalue weighted by molar-refractivity contribution is -0.534. The maximum atomic E-state index is 13.5. The van der Waals surface area contributed by atoms with Crippen LogP contribution in [-0.4, -0.2) is 41.0 Å². The highest BCUT2D eigenvalue weighted by Crippen LogP contribution is 2.59. The molecule has 5 rings (SSSR count). The van der Waals surface area contributed by atoms with E-state index in [4.69, 9.17) is 4.74 Å². The van der Waals surface area contributed by atoms with E-state index in [1.165, 1.54) is 0 Å². The highest BCUT2D eigenvalue weighted by molar-refractivity contribution is 9.10. The zero-order valence-electron chi connectivity index (χ0n) is 16.5. The normalized spacial score (nSPS) is 29.7. The quantitative estimate of drug-likeness (QED) is 0.539. The minimum Gasteiger partial charge on any atom is -0.494 e. The number of halogens is 1. The Labute approximate surface area is 182 Å². The molecule has 2 aromatic carbocycles. The largest absolute Gasteiger partial charge is 0.494 e. The van der Waals surface area contributed by atoms with Gasteiger partial charge in [-0.05, 0) is 44.0 Å². The highest BCUT2D eigenvalue weighted by Gasteiger charge is 2.73. The number of para-hydroxylation sites is 1. The summed E-state index contributed by atoms with van der Waals surface area (Å²) < 4.78 is 6.70. The lowest BCUT2D eigenvalue weighted by Gasteiger charge is -2.32. The van der Waals surface area contributed by atoms with Crippen molar-refractivity contribution in [1.29, 1.82) is 0 Å². The van der Waals surface area contributed by atoms with E-state index in [0.29, 0.717) is 30.2 Å². The van der Waals surface area contributed by atoms with Gasteiger partial charge in [-0.25, -0.2) is 0 Å². The molecular formula is C22H22BrN3O4. The molecule has 3 aliphatic rings. The fourth-order valence-electron chi connectivity index (χ4n) is 5.81. The van der Waals surface area contributed by atoms with Crippen molar-refractivity contribution < 1.29 is 14.5 Å². The molecule has 156 valence electrons. The zero-order valence-corrected chi connectivity index (χ0v) is 18.1. The number of fused-ring (bicyclic) bond motifs is 4. The van der Waals surface area contributed by atoms with Gasteiger partial charge in [-0.15, -0.1) is 0 Å². The molecule has 2 fully saturated rings. The second-order valence-corrected chi connectivity index (χ2v) is 8.96. The van der Waals surface area contributed by atoms with Crippen LogP contribution in [0.2, 0.25) is 0 Å². The molecule has 0 unspecified atom stereocenters. The number of anilines is 1. The number of nitrogens with zero attached hydrogens (tertiary/aromatic N) is 2. The number of benzene rings is 2. The van der Waals surface area contributed by atoms with E-state index >= 15 is 0 Å². The van der Waals surface area contributed by atoms with Gasteiger partial charge < -0.3 is 10.1 Å². The number of nitrogens with one attached hydrogen (secondary N) is 1. The summed E-state index contributed by atoms with van der Waals surface area (Å²) in [4.78, 5) is 27.9. The van der Waals surface area contributed by atoms with Crippen molar-refractivity contribution in [1.82, 2.24) is 4.90 Å². The van der Waals surface area contributed by atoms with Crippen LogP contribution < -0.4 is 10.1 Å². The Bertz CT molecular complexity index is 1040. The van der Waals surface area contributed by atoms with Gasteiger partial charge in [0.05, 0.1) is 12.5 Å². The van der Waals surface area contributed by atoms with Gasteiger partial charge in [-0.3, -0.25) is 19.8 Å². The fraction of sp³-hybridized carbons (Fsp3) is 0.409. The number of rotatable bonds is 4. The smallest absolute Gasteiger partial charge is 0.256 e. The third kappa shape index (κ3) is 2.50. The summed E-state index contributed by atoms with van der Waals surface area (Å²) >= 11 is 3.52. The molecule has 1 spiro atoms. The van der Waals surface area contributed by atoms with Gasteiger partial charge in [-0.1, -0.05) is 34.1 Å². The van der Waals surface area contributed by atoms with Crippen LogP contribution in [0, 0.1) is 10.1 Å². The van der Waals surface area contributed by atoms with Crippen molar-refractivity contribution in [3.63, 3.8) is 0 Å². The van der Waals surface area contributed by atoms with Crippen LogP contribution in [0.15, 0.2) is 46.9 Å². The van der Waals surface area contributed by atoms with Crippen molar-refractivity contribution >= 4 is 27.5 Å². The topological polar surface area (TPSA) is 84.7 Å².